The van der Waals surface area contributed by atoms with E-state index in [1.165, 1.54) is 23.1 Å². The first-order valence-corrected chi connectivity index (χ1v) is 13.8. The molecule has 5 rings (SSSR count). The zero-order chi connectivity index (χ0) is 25.1. The zero-order valence-electron chi connectivity index (χ0n) is 18.9. The first-order chi connectivity index (χ1) is 17.5. The van der Waals surface area contributed by atoms with E-state index < -0.39 is 5.25 Å². The van der Waals surface area contributed by atoms with Crippen LogP contribution in [0, 0.1) is 5.92 Å². The van der Waals surface area contributed by atoms with E-state index in [2.05, 4.69) is 15.6 Å². The van der Waals surface area contributed by atoms with Crippen LogP contribution < -0.4 is 10.6 Å². The largest absolute Gasteiger partial charge is 0.326 e. The lowest BCUT2D eigenvalue weighted by molar-refractivity contribution is -0.117. The fraction of sp³-hybridized carbons (Fsp3) is 0.148. The molecule has 1 heterocycles. The Morgan fingerprint density at radius 3 is 2.39 bits per heavy atom. The van der Waals surface area contributed by atoms with E-state index in [1.807, 2.05) is 66.0 Å². The fourth-order valence-corrected chi connectivity index (χ4v) is 5.58. The molecule has 1 saturated carbocycles. The molecule has 36 heavy (non-hydrogen) atoms. The number of thioether (sulfide) groups is 1. The van der Waals surface area contributed by atoms with Crippen LogP contribution >= 0.6 is 46.3 Å². The quantitative estimate of drug-likeness (QED) is 0.217. The van der Waals surface area contributed by atoms with Gasteiger partial charge in [-0.2, -0.15) is 0 Å². The summed E-state index contributed by atoms with van der Waals surface area (Å²) in [6.45, 7) is 0. The van der Waals surface area contributed by atoms with E-state index >= 15 is 0 Å². The third kappa shape index (κ3) is 6.10. The second-order valence-corrected chi connectivity index (χ2v) is 11.2. The number of nitrogens with one attached hydrogen (secondary N) is 2. The molecule has 4 aromatic rings. The number of nitrogens with zero attached hydrogens (tertiary/aromatic N) is 1. The molecule has 0 radical (unpaired) electrons. The minimum Gasteiger partial charge on any atom is -0.326 e. The zero-order valence-corrected chi connectivity index (χ0v) is 22.1. The molecule has 2 amide bonds. The van der Waals surface area contributed by atoms with Crippen LogP contribution in [0.1, 0.15) is 23.7 Å². The third-order valence-electron chi connectivity index (χ3n) is 5.61. The van der Waals surface area contributed by atoms with Gasteiger partial charge in [0.2, 0.25) is 11.8 Å². The summed E-state index contributed by atoms with van der Waals surface area (Å²) in [6, 6.07) is 22.5. The summed E-state index contributed by atoms with van der Waals surface area (Å²) in [6.07, 6.45) is 1.92. The van der Waals surface area contributed by atoms with Gasteiger partial charge < -0.3 is 10.6 Å². The van der Waals surface area contributed by atoms with Gasteiger partial charge in [0, 0.05) is 27.4 Å². The van der Waals surface area contributed by atoms with Gasteiger partial charge in [-0.15, -0.1) is 23.1 Å². The molecular formula is C27H21Cl2N3O2S2. The van der Waals surface area contributed by atoms with E-state index in [0.29, 0.717) is 20.9 Å². The summed E-state index contributed by atoms with van der Waals surface area (Å²) in [5, 5.41) is 8.72. The Morgan fingerprint density at radius 2 is 1.69 bits per heavy atom. The van der Waals surface area contributed by atoms with E-state index in [0.717, 1.165) is 34.6 Å². The SMILES string of the molecule is O=C(Nc1ccc(SC(C(=O)Nc2nc(-c3ccc(Cl)c(Cl)c3)cs2)c2ccccc2)cc1)C1CC1. The molecule has 5 nitrogen and oxygen atoms in total. The van der Waals surface area contributed by atoms with Crippen molar-refractivity contribution in [3.05, 3.63) is 93.8 Å². The summed E-state index contributed by atoms with van der Waals surface area (Å²) >= 11 is 15.0. The van der Waals surface area contributed by atoms with Crippen molar-refractivity contribution in [2.45, 2.75) is 23.0 Å². The number of amides is 2. The number of hydrogen-bond donors (Lipinski definition) is 2. The second kappa shape index (κ2) is 11.0. The fourth-order valence-electron chi connectivity index (χ4n) is 3.53. The topological polar surface area (TPSA) is 71.1 Å². The summed E-state index contributed by atoms with van der Waals surface area (Å²) < 4.78 is 0. The maximum Gasteiger partial charge on any atom is 0.244 e. The lowest BCUT2D eigenvalue weighted by Gasteiger charge is -2.16. The Labute approximate surface area is 227 Å². The number of benzene rings is 3. The lowest BCUT2D eigenvalue weighted by atomic mass is 10.1. The average Bonchev–Trinajstić information content (AvgIpc) is 3.65. The Morgan fingerprint density at radius 1 is 0.944 bits per heavy atom. The van der Waals surface area contributed by atoms with Crippen molar-refractivity contribution in [2.24, 2.45) is 5.92 Å². The number of carbonyl (C=O) groups is 2. The Hall–Kier alpha value is -2.84. The van der Waals surface area contributed by atoms with Gasteiger partial charge in [0.25, 0.3) is 0 Å². The van der Waals surface area contributed by atoms with Crippen molar-refractivity contribution in [3.63, 3.8) is 0 Å². The van der Waals surface area contributed by atoms with Crippen LogP contribution in [0.15, 0.2) is 83.1 Å². The van der Waals surface area contributed by atoms with E-state index in [1.54, 1.807) is 12.1 Å². The molecule has 1 aliphatic carbocycles. The molecular weight excluding hydrogens is 533 g/mol. The average molecular weight is 555 g/mol. The van der Waals surface area contributed by atoms with Gasteiger partial charge in [-0.3, -0.25) is 9.59 Å². The Bertz CT molecular complexity index is 1390. The van der Waals surface area contributed by atoms with Crippen molar-refractivity contribution < 1.29 is 9.59 Å². The molecule has 1 aliphatic rings. The predicted octanol–water partition coefficient (Wildman–Crippen LogP) is 7.94. The number of anilines is 2. The minimum atomic E-state index is -0.490. The van der Waals surface area contributed by atoms with Gasteiger partial charge in [0.1, 0.15) is 5.25 Å². The molecule has 0 saturated heterocycles. The molecule has 182 valence electrons. The highest BCUT2D eigenvalue weighted by Crippen LogP contribution is 2.38. The van der Waals surface area contributed by atoms with Gasteiger partial charge in [0.05, 0.1) is 15.7 Å². The molecule has 0 aliphatic heterocycles. The normalized spacial score (nSPS) is 13.7. The molecule has 1 atom stereocenters. The number of hydrogen-bond acceptors (Lipinski definition) is 5. The van der Waals surface area contributed by atoms with Gasteiger partial charge in [-0.05, 0) is 54.8 Å². The Balaban J connectivity index is 1.31. The lowest BCUT2D eigenvalue weighted by Crippen LogP contribution is -2.19. The molecule has 1 aromatic heterocycles. The second-order valence-electron chi connectivity index (χ2n) is 8.35. The van der Waals surface area contributed by atoms with Crippen molar-refractivity contribution in [2.75, 3.05) is 10.6 Å². The van der Waals surface area contributed by atoms with Gasteiger partial charge in [-0.1, -0.05) is 59.6 Å². The van der Waals surface area contributed by atoms with Crippen molar-refractivity contribution in [1.29, 1.82) is 0 Å². The molecule has 0 bridgehead atoms. The third-order valence-corrected chi connectivity index (χ3v) is 8.38. The van der Waals surface area contributed by atoms with Crippen LogP contribution in [-0.2, 0) is 9.59 Å². The maximum absolute atomic E-state index is 13.4. The van der Waals surface area contributed by atoms with Gasteiger partial charge in [0.15, 0.2) is 5.13 Å². The number of halogens is 2. The summed E-state index contributed by atoms with van der Waals surface area (Å²) in [5.41, 5.74) is 3.17. The standard InChI is InChI=1S/C27H21Cl2N3O2S2/c28-21-13-8-18(14-22(21)29)23-15-35-27(31-23)32-26(34)24(16-4-2-1-3-5-16)36-20-11-9-19(10-12-20)30-25(33)17-6-7-17/h1-5,8-15,17,24H,6-7H2,(H,30,33)(H,31,32,34). The van der Waals surface area contributed by atoms with E-state index in [-0.39, 0.29) is 17.7 Å². The van der Waals surface area contributed by atoms with Crippen LogP contribution in [0.3, 0.4) is 0 Å². The van der Waals surface area contributed by atoms with Crippen molar-refractivity contribution >= 4 is 68.9 Å². The van der Waals surface area contributed by atoms with Crippen molar-refractivity contribution in [3.8, 4) is 11.3 Å². The predicted molar refractivity (Wildman–Crippen MR) is 149 cm³/mol. The number of thiazole rings is 1. The van der Waals surface area contributed by atoms with Crippen LogP contribution in [0.25, 0.3) is 11.3 Å². The highest BCUT2D eigenvalue weighted by Gasteiger charge is 2.29. The number of aromatic nitrogens is 1. The van der Waals surface area contributed by atoms with E-state index in [9.17, 15) is 9.59 Å². The van der Waals surface area contributed by atoms with Crippen LogP contribution in [0.4, 0.5) is 10.8 Å². The van der Waals surface area contributed by atoms with Crippen molar-refractivity contribution in [1.82, 2.24) is 4.98 Å². The molecule has 9 heteroatoms. The molecule has 2 N–H and O–H groups in total. The molecule has 1 unspecified atom stereocenters. The highest BCUT2D eigenvalue weighted by atomic mass is 35.5. The highest BCUT2D eigenvalue weighted by molar-refractivity contribution is 8.00. The summed E-state index contributed by atoms with van der Waals surface area (Å²) in [4.78, 5) is 30.9. The first-order valence-electron chi connectivity index (χ1n) is 11.3. The molecule has 3 aromatic carbocycles. The summed E-state index contributed by atoms with van der Waals surface area (Å²) in [7, 11) is 0. The van der Waals surface area contributed by atoms with Crippen LogP contribution in [0.2, 0.25) is 10.0 Å². The van der Waals surface area contributed by atoms with Crippen LogP contribution in [0.5, 0.6) is 0 Å². The maximum atomic E-state index is 13.4. The molecule has 1 fully saturated rings. The number of rotatable bonds is 8. The smallest absolute Gasteiger partial charge is 0.244 e. The summed E-state index contributed by atoms with van der Waals surface area (Å²) in [5.74, 6) is 0.0428. The van der Waals surface area contributed by atoms with Crippen LogP contribution in [-0.4, -0.2) is 16.8 Å². The molecule has 0 spiro atoms. The first kappa shape index (κ1) is 24.8. The van der Waals surface area contributed by atoms with Gasteiger partial charge in [-0.25, -0.2) is 4.98 Å². The Kier molecular flexibility index (Phi) is 7.62. The van der Waals surface area contributed by atoms with Gasteiger partial charge >= 0.3 is 0 Å². The number of carbonyl (C=O) groups excluding carboxylic acids is 2. The minimum absolute atomic E-state index is 0.0700. The van der Waals surface area contributed by atoms with E-state index in [4.69, 9.17) is 23.2 Å². The monoisotopic (exact) mass is 553 g/mol.